The maximum Gasteiger partial charge on any atom is 0.258 e. The van der Waals surface area contributed by atoms with E-state index in [0.29, 0.717) is 30.1 Å². The van der Waals surface area contributed by atoms with Gasteiger partial charge in [-0.25, -0.2) is 8.42 Å². The van der Waals surface area contributed by atoms with Crippen LogP contribution < -0.4 is 5.56 Å². The third-order valence-electron chi connectivity index (χ3n) is 7.01. The molecule has 33 heavy (non-hydrogen) atoms. The van der Waals surface area contributed by atoms with Gasteiger partial charge >= 0.3 is 0 Å². The third kappa shape index (κ3) is 3.41. The van der Waals surface area contributed by atoms with E-state index >= 15 is 0 Å². The highest BCUT2D eigenvalue weighted by Crippen LogP contribution is 2.38. The second-order valence-corrected chi connectivity index (χ2v) is 11.0. The Labute approximate surface area is 193 Å². The Hall–Kier alpha value is -3.22. The Morgan fingerprint density at radius 3 is 2.33 bits per heavy atom. The van der Waals surface area contributed by atoms with Gasteiger partial charge in [0.15, 0.2) is 0 Å². The minimum Gasteiger partial charge on any atom is -0.311 e. The van der Waals surface area contributed by atoms with Crippen molar-refractivity contribution < 1.29 is 8.42 Å². The van der Waals surface area contributed by atoms with Gasteiger partial charge in [0.1, 0.15) is 0 Å². The molecule has 0 N–H and O–H groups in total. The summed E-state index contributed by atoms with van der Waals surface area (Å²) < 4.78 is 29.9. The molecule has 2 aliphatic heterocycles. The van der Waals surface area contributed by atoms with Crippen molar-refractivity contribution in [3.8, 4) is 11.1 Å². The monoisotopic (exact) mass is 456 g/mol. The van der Waals surface area contributed by atoms with Crippen molar-refractivity contribution in [1.29, 1.82) is 0 Å². The fourth-order valence-corrected chi connectivity index (χ4v) is 7.00. The van der Waals surface area contributed by atoms with Crippen molar-refractivity contribution in [3.05, 3.63) is 101 Å². The van der Waals surface area contributed by atoms with Crippen LogP contribution in [0, 0.1) is 5.92 Å². The van der Waals surface area contributed by atoms with Crippen LogP contribution >= 0.6 is 0 Å². The maximum atomic E-state index is 13.5. The Morgan fingerprint density at radius 1 is 0.758 bits per heavy atom. The van der Waals surface area contributed by atoms with E-state index in [1.807, 2.05) is 41.0 Å². The predicted octanol–water partition coefficient (Wildman–Crippen LogP) is 4.48. The molecule has 4 aromatic rings. The number of piperidine rings is 1. The third-order valence-corrected chi connectivity index (χ3v) is 8.86. The number of aromatic nitrogens is 1. The summed E-state index contributed by atoms with van der Waals surface area (Å²) >= 11 is 0. The van der Waals surface area contributed by atoms with Crippen molar-refractivity contribution in [1.82, 2.24) is 8.87 Å². The van der Waals surface area contributed by atoms with Gasteiger partial charge in [0, 0.05) is 36.8 Å². The molecule has 2 aliphatic rings. The topological polar surface area (TPSA) is 59.4 Å². The molecule has 166 valence electrons. The zero-order chi connectivity index (χ0) is 22.6. The molecule has 1 aromatic heterocycles. The van der Waals surface area contributed by atoms with E-state index in [0.717, 1.165) is 28.5 Å². The molecule has 0 unspecified atom stereocenters. The molecule has 6 rings (SSSR count). The predicted molar refractivity (Wildman–Crippen MR) is 130 cm³/mol. The maximum absolute atomic E-state index is 13.5. The fraction of sp³-hybridized carbons (Fsp3) is 0.222. The van der Waals surface area contributed by atoms with Crippen LogP contribution in [0.25, 0.3) is 21.9 Å². The van der Waals surface area contributed by atoms with Gasteiger partial charge in [-0.05, 0) is 59.0 Å². The molecule has 5 nitrogen and oxygen atoms in total. The highest BCUT2D eigenvalue weighted by atomic mass is 32.2. The van der Waals surface area contributed by atoms with E-state index in [-0.39, 0.29) is 17.4 Å². The first-order chi connectivity index (χ1) is 16.0. The fourth-order valence-electron chi connectivity index (χ4n) is 5.42. The Kier molecular flexibility index (Phi) is 4.75. The van der Waals surface area contributed by atoms with Gasteiger partial charge in [0.2, 0.25) is 10.0 Å². The number of rotatable bonds is 3. The largest absolute Gasteiger partial charge is 0.311 e. The van der Waals surface area contributed by atoms with E-state index in [9.17, 15) is 13.2 Å². The summed E-state index contributed by atoms with van der Waals surface area (Å²) in [5.74, 6) is 0.147. The van der Waals surface area contributed by atoms with Crippen LogP contribution in [0.2, 0.25) is 0 Å². The number of pyridine rings is 1. The summed E-state index contributed by atoms with van der Waals surface area (Å²) in [6.45, 7) is 1.40. The molecule has 2 bridgehead atoms. The molecule has 0 amide bonds. The van der Waals surface area contributed by atoms with Gasteiger partial charge in [-0.15, -0.1) is 0 Å². The van der Waals surface area contributed by atoms with E-state index in [2.05, 4.69) is 24.3 Å². The average Bonchev–Trinajstić information content (AvgIpc) is 2.85. The lowest BCUT2D eigenvalue weighted by molar-refractivity contribution is 0.186. The standard InChI is InChI=1S/C27H24N2O3S/c30-27-25(22-11-10-20-6-4-5-7-21(20)15-22)12-13-26-23-14-19(17-29(26)27)16-28(18-23)33(31,32)24-8-2-1-3-9-24/h1-13,15,19,23H,14,16-18H2/t19-,23+/m0/s1. The normalized spacial score (nSPS) is 20.5. The van der Waals surface area contributed by atoms with E-state index in [4.69, 9.17) is 0 Å². The molecule has 0 radical (unpaired) electrons. The van der Waals surface area contributed by atoms with Crippen LogP contribution in [0.1, 0.15) is 18.0 Å². The lowest BCUT2D eigenvalue weighted by Crippen LogP contribution is -2.49. The lowest BCUT2D eigenvalue weighted by atomic mass is 9.84. The first-order valence-corrected chi connectivity index (χ1v) is 12.7. The highest BCUT2D eigenvalue weighted by molar-refractivity contribution is 7.89. The van der Waals surface area contributed by atoms with Gasteiger partial charge in [-0.2, -0.15) is 4.31 Å². The minimum absolute atomic E-state index is 0.0110. The zero-order valence-electron chi connectivity index (χ0n) is 18.1. The molecule has 6 heteroatoms. The molecular formula is C27H24N2O3S. The number of benzene rings is 3. The Balaban J connectivity index is 1.36. The molecule has 2 atom stereocenters. The second-order valence-electron chi connectivity index (χ2n) is 9.08. The first kappa shape index (κ1) is 20.4. The van der Waals surface area contributed by atoms with Gasteiger partial charge in [-0.1, -0.05) is 54.6 Å². The van der Waals surface area contributed by atoms with Crippen molar-refractivity contribution in [2.24, 2.45) is 5.92 Å². The highest BCUT2D eigenvalue weighted by Gasteiger charge is 2.39. The second kappa shape index (κ2) is 7.68. The SMILES string of the molecule is O=c1c(-c2ccc3ccccc3c2)ccc2n1C[C@H]1C[C@@H]2CN(S(=O)(=O)c2ccccc2)C1. The summed E-state index contributed by atoms with van der Waals surface area (Å²) in [5, 5.41) is 2.25. The van der Waals surface area contributed by atoms with Crippen LogP contribution in [0.15, 0.2) is 94.6 Å². The van der Waals surface area contributed by atoms with Crippen LogP contribution in [0.3, 0.4) is 0 Å². The van der Waals surface area contributed by atoms with Crippen LogP contribution in [0.5, 0.6) is 0 Å². The molecule has 0 saturated carbocycles. The average molecular weight is 457 g/mol. The van der Waals surface area contributed by atoms with Gasteiger partial charge in [0.05, 0.1) is 4.90 Å². The molecule has 0 spiro atoms. The zero-order valence-corrected chi connectivity index (χ0v) is 18.9. The molecule has 3 heterocycles. The minimum atomic E-state index is -3.54. The molecule has 3 aromatic carbocycles. The number of fused-ring (bicyclic) bond motifs is 5. The molecule has 1 fully saturated rings. The number of sulfonamides is 1. The Morgan fingerprint density at radius 2 is 1.52 bits per heavy atom. The Bertz CT molecular complexity index is 1530. The lowest BCUT2D eigenvalue weighted by Gasteiger charge is -2.42. The molecular weight excluding hydrogens is 432 g/mol. The summed E-state index contributed by atoms with van der Waals surface area (Å²) in [6.07, 6.45) is 0.912. The van der Waals surface area contributed by atoms with E-state index in [1.165, 1.54) is 0 Å². The van der Waals surface area contributed by atoms with Crippen molar-refractivity contribution in [2.45, 2.75) is 23.8 Å². The van der Waals surface area contributed by atoms with Crippen LogP contribution in [0.4, 0.5) is 0 Å². The van der Waals surface area contributed by atoms with Crippen LogP contribution in [-0.2, 0) is 16.6 Å². The number of hydrogen-bond acceptors (Lipinski definition) is 3. The van der Waals surface area contributed by atoms with Crippen molar-refractivity contribution in [2.75, 3.05) is 13.1 Å². The quantitative estimate of drug-likeness (QED) is 0.457. The van der Waals surface area contributed by atoms with Gasteiger partial charge in [0.25, 0.3) is 5.56 Å². The van der Waals surface area contributed by atoms with Gasteiger partial charge in [-0.3, -0.25) is 4.79 Å². The smallest absolute Gasteiger partial charge is 0.258 e. The van der Waals surface area contributed by atoms with Crippen LogP contribution in [-0.4, -0.2) is 30.4 Å². The van der Waals surface area contributed by atoms with Crippen molar-refractivity contribution in [3.63, 3.8) is 0 Å². The first-order valence-electron chi connectivity index (χ1n) is 11.3. The summed E-state index contributed by atoms with van der Waals surface area (Å²) in [7, 11) is -3.54. The van der Waals surface area contributed by atoms with Crippen molar-refractivity contribution >= 4 is 20.8 Å². The summed E-state index contributed by atoms with van der Waals surface area (Å²) in [4.78, 5) is 13.8. The summed E-state index contributed by atoms with van der Waals surface area (Å²) in [6, 6.07) is 26.8. The molecule has 0 aliphatic carbocycles. The summed E-state index contributed by atoms with van der Waals surface area (Å²) in [5.41, 5.74) is 2.56. The molecule has 1 saturated heterocycles. The number of hydrogen-bond donors (Lipinski definition) is 0. The van der Waals surface area contributed by atoms with E-state index < -0.39 is 10.0 Å². The van der Waals surface area contributed by atoms with E-state index in [1.54, 1.807) is 28.6 Å². The number of nitrogens with zero attached hydrogens (tertiary/aromatic N) is 2. The van der Waals surface area contributed by atoms with Gasteiger partial charge < -0.3 is 4.57 Å².